The quantitative estimate of drug-likeness (QED) is 0.463. The Morgan fingerprint density at radius 3 is 2.45 bits per heavy atom. The van der Waals surface area contributed by atoms with Gasteiger partial charge in [0.15, 0.2) is 0 Å². The number of carbonyl (C=O) groups excluding carboxylic acids is 1. The van der Waals surface area contributed by atoms with Crippen LogP contribution in [0.4, 0.5) is 0 Å². The fraction of sp³-hybridized carbons (Fsp3) is 0.588. The van der Waals surface area contributed by atoms with E-state index in [1.807, 2.05) is 18.2 Å². The molecule has 0 radical (unpaired) electrons. The molecule has 0 saturated carbocycles. The molecule has 0 aliphatic carbocycles. The maximum atomic E-state index is 12.0. The molecule has 3 heteroatoms. The molecule has 0 aromatic heterocycles. The number of esters is 1. The van der Waals surface area contributed by atoms with Crippen molar-refractivity contribution in [1.29, 1.82) is 0 Å². The van der Waals surface area contributed by atoms with E-state index in [0.717, 1.165) is 25.7 Å². The fourth-order valence-corrected chi connectivity index (χ4v) is 1.86. The van der Waals surface area contributed by atoms with Crippen LogP contribution in [0, 0.1) is 0 Å². The van der Waals surface area contributed by atoms with Crippen LogP contribution in [0.15, 0.2) is 24.3 Å². The summed E-state index contributed by atoms with van der Waals surface area (Å²) in [5.74, 6) is 0.341. The van der Waals surface area contributed by atoms with Crippen molar-refractivity contribution in [3.63, 3.8) is 0 Å². The van der Waals surface area contributed by atoms with Crippen LogP contribution in [-0.4, -0.2) is 19.2 Å². The first-order valence-electron chi connectivity index (χ1n) is 7.68. The van der Waals surface area contributed by atoms with E-state index in [4.69, 9.17) is 9.47 Å². The first-order valence-corrected chi connectivity index (χ1v) is 7.68. The summed E-state index contributed by atoms with van der Waals surface area (Å²) in [6, 6.07) is 7.29. The molecular formula is C17H26O3. The Morgan fingerprint density at radius 2 is 1.70 bits per heavy atom. The maximum absolute atomic E-state index is 12.0. The van der Waals surface area contributed by atoms with E-state index in [-0.39, 0.29) is 5.97 Å². The Hall–Kier alpha value is -1.51. The van der Waals surface area contributed by atoms with Gasteiger partial charge in [0, 0.05) is 0 Å². The highest BCUT2D eigenvalue weighted by Gasteiger charge is 2.13. The average molecular weight is 278 g/mol. The van der Waals surface area contributed by atoms with Gasteiger partial charge in [-0.15, -0.1) is 0 Å². The van der Waals surface area contributed by atoms with Crippen molar-refractivity contribution in [2.45, 2.75) is 52.4 Å². The molecule has 0 bridgehead atoms. The fourth-order valence-electron chi connectivity index (χ4n) is 1.86. The molecule has 0 unspecified atom stereocenters. The molecule has 112 valence electrons. The van der Waals surface area contributed by atoms with Gasteiger partial charge in [-0.05, 0) is 25.0 Å². The minimum Gasteiger partial charge on any atom is -0.493 e. The first kappa shape index (κ1) is 16.5. The Labute approximate surface area is 122 Å². The van der Waals surface area contributed by atoms with Gasteiger partial charge in [-0.1, -0.05) is 51.7 Å². The van der Waals surface area contributed by atoms with Crippen LogP contribution >= 0.6 is 0 Å². The number of hydrogen-bond acceptors (Lipinski definition) is 3. The van der Waals surface area contributed by atoms with Crippen molar-refractivity contribution in [1.82, 2.24) is 0 Å². The number of ether oxygens (including phenoxy) is 2. The van der Waals surface area contributed by atoms with Gasteiger partial charge < -0.3 is 9.47 Å². The van der Waals surface area contributed by atoms with Crippen LogP contribution in [0.5, 0.6) is 5.75 Å². The van der Waals surface area contributed by atoms with Gasteiger partial charge in [-0.3, -0.25) is 0 Å². The largest absolute Gasteiger partial charge is 0.493 e. The van der Waals surface area contributed by atoms with E-state index in [2.05, 4.69) is 13.8 Å². The molecule has 0 aliphatic rings. The minimum atomic E-state index is -0.284. The predicted octanol–water partition coefficient (Wildman–Crippen LogP) is 4.60. The summed E-state index contributed by atoms with van der Waals surface area (Å²) in [6.45, 7) is 5.40. The van der Waals surface area contributed by atoms with Gasteiger partial charge in [-0.2, -0.15) is 0 Å². The average Bonchev–Trinajstić information content (AvgIpc) is 2.47. The minimum absolute atomic E-state index is 0.284. The Balaban J connectivity index is 2.45. The Bertz CT molecular complexity index is 388. The van der Waals surface area contributed by atoms with E-state index in [0.29, 0.717) is 24.5 Å². The molecule has 20 heavy (non-hydrogen) atoms. The van der Waals surface area contributed by atoms with Crippen LogP contribution in [0.1, 0.15) is 62.7 Å². The van der Waals surface area contributed by atoms with E-state index in [1.54, 1.807) is 6.07 Å². The Kier molecular flexibility index (Phi) is 8.52. The normalized spacial score (nSPS) is 10.3. The first-order chi connectivity index (χ1) is 9.79. The summed E-state index contributed by atoms with van der Waals surface area (Å²) in [5.41, 5.74) is 0.527. The molecule has 0 spiro atoms. The summed E-state index contributed by atoms with van der Waals surface area (Å²) in [5, 5.41) is 0. The lowest BCUT2D eigenvalue weighted by Crippen LogP contribution is -2.09. The van der Waals surface area contributed by atoms with E-state index in [1.165, 1.54) is 12.8 Å². The third kappa shape index (κ3) is 6.09. The van der Waals surface area contributed by atoms with Crippen molar-refractivity contribution < 1.29 is 14.3 Å². The molecule has 1 aromatic carbocycles. The number of unbranched alkanes of at least 4 members (excludes halogenated alkanes) is 4. The summed E-state index contributed by atoms with van der Waals surface area (Å²) in [7, 11) is 0. The second kappa shape index (κ2) is 10.3. The topological polar surface area (TPSA) is 35.5 Å². The lowest BCUT2D eigenvalue weighted by atomic mass is 10.2. The number of para-hydroxylation sites is 1. The van der Waals surface area contributed by atoms with Gasteiger partial charge in [0.05, 0.1) is 13.2 Å². The number of benzene rings is 1. The monoisotopic (exact) mass is 278 g/mol. The van der Waals surface area contributed by atoms with Gasteiger partial charge in [0.1, 0.15) is 11.3 Å². The third-order valence-electron chi connectivity index (χ3n) is 3.09. The molecule has 0 saturated heterocycles. The molecule has 0 fully saturated rings. The smallest absolute Gasteiger partial charge is 0.341 e. The third-order valence-corrected chi connectivity index (χ3v) is 3.09. The number of rotatable bonds is 10. The lowest BCUT2D eigenvalue weighted by molar-refractivity contribution is 0.0493. The SMILES string of the molecule is CCCCCCOC(=O)c1ccccc1OCCCC. The van der Waals surface area contributed by atoms with E-state index in [9.17, 15) is 4.79 Å². The van der Waals surface area contributed by atoms with Crippen LogP contribution in [-0.2, 0) is 4.74 Å². The second-order valence-electron chi connectivity index (χ2n) is 4.89. The van der Waals surface area contributed by atoms with Crippen molar-refractivity contribution in [3.8, 4) is 5.75 Å². The van der Waals surface area contributed by atoms with E-state index >= 15 is 0 Å². The highest BCUT2D eigenvalue weighted by molar-refractivity contribution is 5.92. The summed E-state index contributed by atoms with van der Waals surface area (Å²) in [4.78, 5) is 12.0. The molecule has 1 aromatic rings. The Morgan fingerprint density at radius 1 is 0.950 bits per heavy atom. The highest BCUT2D eigenvalue weighted by Crippen LogP contribution is 2.19. The van der Waals surface area contributed by atoms with Crippen LogP contribution < -0.4 is 4.74 Å². The molecule has 0 aliphatic heterocycles. The van der Waals surface area contributed by atoms with E-state index < -0.39 is 0 Å². The van der Waals surface area contributed by atoms with Crippen LogP contribution in [0.3, 0.4) is 0 Å². The highest BCUT2D eigenvalue weighted by atomic mass is 16.5. The van der Waals surface area contributed by atoms with Gasteiger partial charge in [-0.25, -0.2) is 4.79 Å². The lowest BCUT2D eigenvalue weighted by Gasteiger charge is -2.10. The van der Waals surface area contributed by atoms with Gasteiger partial charge in [0.2, 0.25) is 0 Å². The maximum Gasteiger partial charge on any atom is 0.341 e. The summed E-state index contributed by atoms with van der Waals surface area (Å²) in [6.07, 6.45) is 6.47. The van der Waals surface area contributed by atoms with Crippen LogP contribution in [0.2, 0.25) is 0 Å². The molecule has 0 heterocycles. The zero-order valence-corrected chi connectivity index (χ0v) is 12.7. The molecule has 0 amide bonds. The zero-order chi connectivity index (χ0) is 14.6. The molecule has 0 atom stereocenters. The molecule has 3 nitrogen and oxygen atoms in total. The van der Waals surface area contributed by atoms with Crippen molar-refractivity contribution in [3.05, 3.63) is 29.8 Å². The van der Waals surface area contributed by atoms with Crippen molar-refractivity contribution in [2.24, 2.45) is 0 Å². The van der Waals surface area contributed by atoms with Gasteiger partial charge >= 0.3 is 5.97 Å². The standard InChI is InChI=1S/C17H26O3/c1-3-5-7-10-14-20-17(18)15-11-8-9-12-16(15)19-13-6-4-2/h8-9,11-12H,3-7,10,13-14H2,1-2H3. The van der Waals surface area contributed by atoms with Crippen LogP contribution in [0.25, 0.3) is 0 Å². The predicted molar refractivity (Wildman–Crippen MR) is 81.3 cm³/mol. The van der Waals surface area contributed by atoms with Crippen molar-refractivity contribution in [2.75, 3.05) is 13.2 Å². The zero-order valence-electron chi connectivity index (χ0n) is 12.7. The van der Waals surface area contributed by atoms with Gasteiger partial charge in [0.25, 0.3) is 0 Å². The number of carbonyl (C=O) groups is 1. The molecule has 0 N–H and O–H groups in total. The molecular weight excluding hydrogens is 252 g/mol. The molecule has 1 rings (SSSR count). The second-order valence-corrected chi connectivity index (χ2v) is 4.89. The van der Waals surface area contributed by atoms with Crippen molar-refractivity contribution >= 4 is 5.97 Å². The summed E-state index contributed by atoms with van der Waals surface area (Å²) >= 11 is 0. The summed E-state index contributed by atoms with van der Waals surface area (Å²) < 4.78 is 10.9. The number of hydrogen-bond donors (Lipinski definition) is 0.